The van der Waals surface area contributed by atoms with Crippen molar-refractivity contribution in [1.29, 1.82) is 0 Å². The lowest BCUT2D eigenvalue weighted by Gasteiger charge is -2.26. The van der Waals surface area contributed by atoms with Crippen molar-refractivity contribution in [2.45, 2.75) is 25.4 Å². The second-order valence-electron chi connectivity index (χ2n) is 4.15. The summed E-state index contributed by atoms with van der Waals surface area (Å²) in [6.07, 6.45) is 1.92. The van der Waals surface area contributed by atoms with Crippen LogP contribution < -0.4 is 4.74 Å². The molecule has 1 fully saturated rings. The summed E-state index contributed by atoms with van der Waals surface area (Å²) in [6, 6.07) is 8.09. The Bertz CT molecular complexity index is 361. The third kappa shape index (κ3) is 2.79. The van der Waals surface area contributed by atoms with Gasteiger partial charge in [0.25, 0.3) is 0 Å². The Labute approximate surface area is 100 Å². The average molecular weight is 236 g/mol. The zero-order chi connectivity index (χ0) is 11.4. The zero-order valence-electron chi connectivity index (χ0n) is 9.39. The number of thioether (sulfide) groups is 1. The van der Waals surface area contributed by atoms with Gasteiger partial charge in [-0.05, 0) is 23.6 Å². The second kappa shape index (κ2) is 5.39. The molecule has 1 unspecified atom stereocenters. The summed E-state index contributed by atoms with van der Waals surface area (Å²) in [7, 11) is 0. The molecule has 1 atom stereocenters. The predicted octanol–water partition coefficient (Wildman–Crippen LogP) is 2.87. The number of aldehydes is 1. The first-order valence-electron chi connectivity index (χ1n) is 5.57. The predicted molar refractivity (Wildman–Crippen MR) is 67.3 cm³/mol. The molecule has 2 rings (SSSR count). The van der Waals surface area contributed by atoms with E-state index in [-0.39, 0.29) is 5.92 Å². The standard InChI is InChI=1S/C13H16O2S/c1-10(5-6-14)11-3-2-4-12(7-11)15-13-8-16-9-13/h2-4,6-7,10,13H,5,8-9H2,1H3. The van der Waals surface area contributed by atoms with Crippen molar-refractivity contribution < 1.29 is 9.53 Å². The molecule has 0 saturated carbocycles. The third-order valence-corrected chi connectivity index (χ3v) is 4.00. The third-order valence-electron chi connectivity index (χ3n) is 2.79. The van der Waals surface area contributed by atoms with Crippen LogP contribution in [0, 0.1) is 0 Å². The van der Waals surface area contributed by atoms with Crippen molar-refractivity contribution in [3.8, 4) is 5.75 Å². The van der Waals surface area contributed by atoms with E-state index in [1.54, 1.807) is 0 Å². The van der Waals surface area contributed by atoms with Crippen molar-refractivity contribution >= 4 is 18.0 Å². The molecule has 1 aromatic carbocycles. The van der Waals surface area contributed by atoms with Gasteiger partial charge in [0.05, 0.1) is 0 Å². The largest absolute Gasteiger partial charge is 0.489 e. The summed E-state index contributed by atoms with van der Waals surface area (Å²) in [4.78, 5) is 10.5. The summed E-state index contributed by atoms with van der Waals surface area (Å²) in [6.45, 7) is 2.06. The maximum absolute atomic E-state index is 10.5. The van der Waals surface area contributed by atoms with Gasteiger partial charge in [0.2, 0.25) is 0 Å². The van der Waals surface area contributed by atoms with Gasteiger partial charge in [-0.15, -0.1) is 0 Å². The SMILES string of the molecule is CC(CC=O)c1cccc(OC2CSC2)c1. The van der Waals surface area contributed by atoms with E-state index >= 15 is 0 Å². The quantitative estimate of drug-likeness (QED) is 0.735. The summed E-state index contributed by atoms with van der Waals surface area (Å²) >= 11 is 1.91. The van der Waals surface area contributed by atoms with Crippen LogP contribution in [0.5, 0.6) is 5.75 Å². The number of rotatable bonds is 5. The Balaban J connectivity index is 2.02. The number of hydrogen-bond donors (Lipinski definition) is 0. The number of hydrogen-bond acceptors (Lipinski definition) is 3. The van der Waals surface area contributed by atoms with Crippen LogP contribution in [0.4, 0.5) is 0 Å². The highest BCUT2D eigenvalue weighted by atomic mass is 32.2. The Morgan fingerprint density at radius 1 is 1.56 bits per heavy atom. The Hall–Kier alpha value is -0.960. The lowest BCUT2D eigenvalue weighted by molar-refractivity contribution is -0.108. The van der Waals surface area contributed by atoms with E-state index < -0.39 is 0 Å². The topological polar surface area (TPSA) is 26.3 Å². The second-order valence-corrected chi connectivity index (χ2v) is 5.23. The number of benzene rings is 1. The fourth-order valence-corrected chi connectivity index (χ4v) is 2.21. The van der Waals surface area contributed by atoms with Gasteiger partial charge in [-0.3, -0.25) is 0 Å². The number of carbonyl (C=O) groups excluding carboxylic acids is 1. The van der Waals surface area contributed by atoms with Crippen LogP contribution in [0.2, 0.25) is 0 Å². The Morgan fingerprint density at radius 2 is 2.38 bits per heavy atom. The van der Waals surface area contributed by atoms with E-state index in [1.807, 2.05) is 23.9 Å². The Kier molecular flexibility index (Phi) is 3.88. The highest BCUT2D eigenvalue weighted by Gasteiger charge is 2.19. The summed E-state index contributed by atoms with van der Waals surface area (Å²) in [5, 5.41) is 0. The molecule has 0 N–H and O–H groups in total. The van der Waals surface area contributed by atoms with Gasteiger partial charge in [-0.1, -0.05) is 19.1 Å². The molecule has 1 aliphatic heterocycles. The first-order chi connectivity index (χ1) is 7.79. The minimum absolute atomic E-state index is 0.275. The molecule has 0 radical (unpaired) electrons. The molecule has 1 aromatic rings. The van der Waals surface area contributed by atoms with E-state index in [2.05, 4.69) is 19.1 Å². The van der Waals surface area contributed by atoms with Crippen molar-refractivity contribution in [3.63, 3.8) is 0 Å². The van der Waals surface area contributed by atoms with Gasteiger partial charge in [0, 0.05) is 17.9 Å². The van der Waals surface area contributed by atoms with Gasteiger partial charge < -0.3 is 9.53 Å². The lowest BCUT2D eigenvalue weighted by Crippen LogP contribution is -2.31. The van der Waals surface area contributed by atoms with Gasteiger partial charge in [-0.2, -0.15) is 11.8 Å². The molecule has 2 nitrogen and oxygen atoms in total. The van der Waals surface area contributed by atoms with E-state index in [0.717, 1.165) is 23.5 Å². The van der Waals surface area contributed by atoms with Crippen LogP contribution in [0.3, 0.4) is 0 Å². The number of carbonyl (C=O) groups is 1. The molecular weight excluding hydrogens is 220 g/mol. The van der Waals surface area contributed by atoms with Crippen molar-refractivity contribution in [1.82, 2.24) is 0 Å². The van der Waals surface area contributed by atoms with E-state index in [0.29, 0.717) is 12.5 Å². The number of ether oxygens (including phenoxy) is 1. The summed E-state index contributed by atoms with van der Waals surface area (Å²) < 4.78 is 5.81. The molecule has 0 aliphatic carbocycles. The highest BCUT2D eigenvalue weighted by molar-refractivity contribution is 8.00. The smallest absolute Gasteiger partial charge is 0.120 e. The molecule has 0 spiro atoms. The van der Waals surface area contributed by atoms with Gasteiger partial charge in [0.1, 0.15) is 18.1 Å². The Morgan fingerprint density at radius 3 is 3.00 bits per heavy atom. The van der Waals surface area contributed by atoms with Crippen LogP contribution >= 0.6 is 11.8 Å². The lowest BCUT2D eigenvalue weighted by atomic mass is 9.98. The molecule has 1 aliphatic rings. The van der Waals surface area contributed by atoms with Crippen LogP contribution in [-0.2, 0) is 4.79 Å². The first kappa shape index (κ1) is 11.5. The maximum Gasteiger partial charge on any atom is 0.120 e. The highest BCUT2D eigenvalue weighted by Crippen LogP contribution is 2.27. The van der Waals surface area contributed by atoms with Crippen LogP contribution in [-0.4, -0.2) is 23.9 Å². The van der Waals surface area contributed by atoms with Gasteiger partial charge in [0.15, 0.2) is 0 Å². The van der Waals surface area contributed by atoms with Crippen LogP contribution in [0.25, 0.3) is 0 Å². The van der Waals surface area contributed by atoms with Crippen molar-refractivity contribution in [2.24, 2.45) is 0 Å². The molecule has 0 amide bonds. The maximum atomic E-state index is 10.5. The molecule has 1 heterocycles. The first-order valence-corrected chi connectivity index (χ1v) is 6.73. The van der Waals surface area contributed by atoms with Gasteiger partial charge >= 0.3 is 0 Å². The minimum Gasteiger partial charge on any atom is -0.489 e. The molecule has 3 heteroatoms. The molecule has 16 heavy (non-hydrogen) atoms. The van der Waals surface area contributed by atoms with E-state index in [1.165, 1.54) is 5.56 Å². The monoisotopic (exact) mass is 236 g/mol. The average Bonchev–Trinajstić information content (AvgIpc) is 2.24. The van der Waals surface area contributed by atoms with E-state index in [4.69, 9.17) is 4.74 Å². The van der Waals surface area contributed by atoms with Crippen molar-refractivity contribution in [3.05, 3.63) is 29.8 Å². The van der Waals surface area contributed by atoms with Gasteiger partial charge in [-0.25, -0.2) is 0 Å². The molecular formula is C13H16O2S. The normalized spacial score (nSPS) is 17.6. The minimum atomic E-state index is 0.275. The molecule has 0 aromatic heterocycles. The zero-order valence-corrected chi connectivity index (χ0v) is 10.2. The molecule has 1 saturated heterocycles. The fourth-order valence-electron chi connectivity index (χ4n) is 1.65. The fraction of sp³-hybridized carbons (Fsp3) is 0.462. The van der Waals surface area contributed by atoms with E-state index in [9.17, 15) is 4.79 Å². The molecule has 0 bridgehead atoms. The van der Waals surface area contributed by atoms with Crippen LogP contribution in [0.15, 0.2) is 24.3 Å². The summed E-state index contributed by atoms with van der Waals surface area (Å²) in [5.41, 5.74) is 1.18. The van der Waals surface area contributed by atoms with Crippen LogP contribution in [0.1, 0.15) is 24.8 Å². The van der Waals surface area contributed by atoms with Crippen molar-refractivity contribution in [2.75, 3.05) is 11.5 Å². The molecule has 86 valence electrons. The summed E-state index contributed by atoms with van der Waals surface area (Å²) in [5.74, 6) is 3.39.